The highest BCUT2D eigenvalue weighted by molar-refractivity contribution is 7.98. The van der Waals surface area contributed by atoms with Crippen LogP contribution in [-0.4, -0.2) is 14.2 Å². The Morgan fingerprint density at radius 2 is 1.58 bits per heavy atom. The zero-order valence-corrected chi connectivity index (χ0v) is 11.9. The van der Waals surface area contributed by atoms with Crippen molar-refractivity contribution in [1.82, 2.24) is 0 Å². The smallest absolute Gasteiger partial charge is 0.145 e. The second-order valence-corrected chi connectivity index (χ2v) is 5.06. The molecule has 0 amide bonds. The van der Waals surface area contributed by atoms with Gasteiger partial charge in [0, 0.05) is 10.6 Å². The zero-order chi connectivity index (χ0) is 13.7. The lowest BCUT2D eigenvalue weighted by Crippen LogP contribution is -1.98. The summed E-state index contributed by atoms with van der Waals surface area (Å²) in [6.45, 7) is 0. The number of benzene rings is 2. The maximum absolute atomic E-state index is 5.92. The minimum atomic E-state index is 0.540. The molecule has 0 aliphatic carbocycles. The molecular weight excluding hydrogens is 258 g/mol. The van der Waals surface area contributed by atoms with Gasteiger partial charge in [-0.05, 0) is 29.8 Å². The van der Waals surface area contributed by atoms with Crippen LogP contribution in [0.5, 0.6) is 11.5 Å². The van der Waals surface area contributed by atoms with Gasteiger partial charge in [-0.2, -0.15) is 0 Å². The van der Waals surface area contributed by atoms with E-state index in [-0.39, 0.29) is 0 Å². The summed E-state index contributed by atoms with van der Waals surface area (Å²) in [4.78, 5) is 1.23. The van der Waals surface area contributed by atoms with Crippen LogP contribution >= 0.6 is 11.8 Å². The average molecular weight is 275 g/mol. The van der Waals surface area contributed by atoms with Crippen molar-refractivity contribution in [1.29, 1.82) is 0 Å². The second-order valence-electron chi connectivity index (χ2n) is 4.02. The summed E-state index contributed by atoms with van der Waals surface area (Å²) >= 11 is 1.77. The maximum Gasteiger partial charge on any atom is 0.145 e. The number of methoxy groups -OCH3 is 2. The van der Waals surface area contributed by atoms with Crippen molar-refractivity contribution in [2.45, 2.75) is 10.6 Å². The van der Waals surface area contributed by atoms with Gasteiger partial charge in [-0.25, -0.2) is 0 Å². The summed E-state index contributed by atoms with van der Waals surface area (Å²) in [5.74, 6) is 2.16. The molecule has 0 aromatic heterocycles. The Kier molecular flexibility index (Phi) is 4.58. The highest BCUT2D eigenvalue weighted by Gasteiger charge is 2.09. The van der Waals surface area contributed by atoms with E-state index in [4.69, 9.17) is 15.2 Å². The summed E-state index contributed by atoms with van der Waals surface area (Å²) in [6.07, 6.45) is 0. The molecule has 0 bridgehead atoms. The molecule has 2 N–H and O–H groups in total. The van der Waals surface area contributed by atoms with Crippen molar-refractivity contribution in [2.24, 2.45) is 0 Å². The topological polar surface area (TPSA) is 44.5 Å². The van der Waals surface area contributed by atoms with Crippen LogP contribution in [0.15, 0.2) is 47.4 Å². The molecule has 0 aliphatic heterocycles. The number of rotatable bonds is 5. The number of anilines is 1. The first kappa shape index (κ1) is 13.6. The van der Waals surface area contributed by atoms with Gasteiger partial charge in [-0.15, -0.1) is 11.8 Å². The Bertz CT molecular complexity index is 518. The summed E-state index contributed by atoms with van der Waals surface area (Å²) in [5, 5.41) is 0. The van der Waals surface area contributed by atoms with Gasteiger partial charge in [0.25, 0.3) is 0 Å². The van der Waals surface area contributed by atoms with E-state index in [1.807, 2.05) is 30.3 Å². The van der Waals surface area contributed by atoms with E-state index >= 15 is 0 Å². The van der Waals surface area contributed by atoms with Crippen molar-refractivity contribution in [3.05, 3.63) is 48.0 Å². The minimum Gasteiger partial charge on any atom is -0.494 e. The van der Waals surface area contributed by atoms with Crippen LogP contribution in [0.25, 0.3) is 0 Å². The van der Waals surface area contributed by atoms with E-state index in [0.29, 0.717) is 17.2 Å². The van der Waals surface area contributed by atoms with Crippen molar-refractivity contribution in [3.63, 3.8) is 0 Å². The minimum absolute atomic E-state index is 0.540. The monoisotopic (exact) mass is 275 g/mol. The van der Waals surface area contributed by atoms with Crippen LogP contribution in [0.2, 0.25) is 0 Å². The molecule has 19 heavy (non-hydrogen) atoms. The molecule has 0 atom stereocenters. The molecule has 0 spiro atoms. The Balaban J connectivity index is 2.16. The van der Waals surface area contributed by atoms with E-state index in [9.17, 15) is 0 Å². The molecule has 0 aliphatic rings. The van der Waals surface area contributed by atoms with Crippen LogP contribution in [0, 0.1) is 0 Å². The van der Waals surface area contributed by atoms with E-state index in [2.05, 4.69) is 12.1 Å². The molecule has 2 rings (SSSR count). The standard InChI is InChI=1S/C15H17NO2S/c1-17-13-8-11(9-14(18-2)15(13)16)10-19-12-6-4-3-5-7-12/h3-9H,10,16H2,1-2H3. The number of hydrogen-bond donors (Lipinski definition) is 1. The number of nitrogens with two attached hydrogens (primary N) is 1. The molecule has 0 fully saturated rings. The van der Waals surface area contributed by atoms with Gasteiger partial charge in [0.15, 0.2) is 0 Å². The van der Waals surface area contributed by atoms with Crippen LogP contribution in [0.4, 0.5) is 5.69 Å². The highest BCUT2D eigenvalue weighted by Crippen LogP contribution is 2.35. The molecule has 3 nitrogen and oxygen atoms in total. The summed E-state index contributed by atoms with van der Waals surface area (Å²) in [7, 11) is 3.22. The van der Waals surface area contributed by atoms with Crippen LogP contribution in [-0.2, 0) is 5.75 Å². The van der Waals surface area contributed by atoms with Gasteiger partial charge in [-0.3, -0.25) is 0 Å². The van der Waals surface area contributed by atoms with Crippen molar-refractivity contribution in [3.8, 4) is 11.5 Å². The molecular formula is C15H17NO2S. The summed E-state index contributed by atoms with van der Waals surface area (Å²) < 4.78 is 10.5. The van der Waals surface area contributed by atoms with Gasteiger partial charge in [0.1, 0.15) is 17.2 Å². The number of thioether (sulfide) groups is 1. The van der Waals surface area contributed by atoms with Crippen LogP contribution in [0.3, 0.4) is 0 Å². The molecule has 0 heterocycles. The second kappa shape index (κ2) is 6.38. The van der Waals surface area contributed by atoms with Gasteiger partial charge in [0.05, 0.1) is 14.2 Å². The molecule has 0 radical (unpaired) electrons. The van der Waals surface area contributed by atoms with E-state index in [1.165, 1.54) is 4.90 Å². The van der Waals surface area contributed by atoms with Crippen molar-refractivity contribution in [2.75, 3.05) is 20.0 Å². The maximum atomic E-state index is 5.92. The number of hydrogen-bond acceptors (Lipinski definition) is 4. The molecule has 0 unspecified atom stereocenters. The third-order valence-corrected chi connectivity index (χ3v) is 3.84. The van der Waals surface area contributed by atoms with Gasteiger partial charge >= 0.3 is 0 Å². The normalized spacial score (nSPS) is 10.2. The summed E-state index contributed by atoms with van der Waals surface area (Å²) in [5.41, 5.74) is 7.59. The predicted octanol–water partition coefficient (Wildman–Crippen LogP) is 3.58. The third-order valence-electron chi connectivity index (χ3n) is 2.75. The molecule has 0 saturated heterocycles. The van der Waals surface area contributed by atoms with Gasteiger partial charge in [0.2, 0.25) is 0 Å². The fourth-order valence-corrected chi connectivity index (χ4v) is 2.61. The SMILES string of the molecule is COc1cc(CSc2ccccc2)cc(OC)c1N. The first-order valence-corrected chi connectivity index (χ1v) is 6.91. The van der Waals surface area contributed by atoms with Gasteiger partial charge in [-0.1, -0.05) is 18.2 Å². The van der Waals surface area contributed by atoms with E-state index in [1.54, 1.807) is 26.0 Å². The first-order valence-electron chi connectivity index (χ1n) is 5.93. The van der Waals surface area contributed by atoms with Crippen molar-refractivity contribution < 1.29 is 9.47 Å². The Morgan fingerprint density at radius 1 is 1.00 bits per heavy atom. The van der Waals surface area contributed by atoms with E-state index < -0.39 is 0 Å². The first-order chi connectivity index (χ1) is 9.24. The highest BCUT2D eigenvalue weighted by atomic mass is 32.2. The van der Waals surface area contributed by atoms with Crippen molar-refractivity contribution >= 4 is 17.4 Å². The predicted molar refractivity (Wildman–Crippen MR) is 80.0 cm³/mol. The molecule has 2 aromatic rings. The summed E-state index contributed by atoms with van der Waals surface area (Å²) in [6, 6.07) is 14.2. The fourth-order valence-electron chi connectivity index (χ4n) is 1.76. The molecule has 100 valence electrons. The van der Waals surface area contributed by atoms with Gasteiger partial charge < -0.3 is 15.2 Å². The molecule has 2 aromatic carbocycles. The lowest BCUT2D eigenvalue weighted by atomic mass is 10.2. The quantitative estimate of drug-likeness (QED) is 0.669. The third kappa shape index (κ3) is 3.35. The number of nitrogen functional groups attached to an aromatic ring is 1. The lowest BCUT2D eigenvalue weighted by Gasteiger charge is -2.12. The Labute approximate surface area is 117 Å². The van der Waals surface area contributed by atoms with Crippen LogP contribution in [0.1, 0.15) is 5.56 Å². The zero-order valence-electron chi connectivity index (χ0n) is 11.1. The molecule has 0 saturated carbocycles. The Morgan fingerprint density at radius 3 is 2.11 bits per heavy atom. The Hall–Kier alpha value is -1.81. The number of ether oxygens (including phenoxy) is 2. The lowest BCUT2D eigenvalue weighted by molar-refractivity contribution is 0.398. The average Bonchev–Trinajstić information content (AvgIpc) is 2.47. The fraction of sp³-hybridized carbons (Fsp3) is 0.200. The van der Waals surface area contributed by atoms with Crippen LogP contribution < -0.4 is 15.2 Å². The molecule has 4 heteroatoms. The van der Waals surface area contributed by atoms with E-state index in [0.717, 1.165) is 11.3 Å². The largest absolute Gasteiger partial charge is 0.494 e.